The monoisotopic (exact) mass is 271 g/mol. The van der Waals surface area contributed by atoms with Gasteiger partial charge >= 0.3 is 6.03 Å². The topological polar surface area (TPSA) is 44.4 Å². The Labute approximate surface area is 119 Å². The summed E-state index contributed by atoms with van der Waals surface area (Å²) in [6.07, 6.45) is 7.35. The molecule has 0 aromatic heterocycles. The van der Waals surface area contributed by atoms with E-state index in [9.17, 15) is 4.79 Å². The van der Waals surface area contributed by atoms with Crippen LogP contribution in [-0.2, 0) is 0 Å². The molecule has 0 unspecified atom stereocenters. The van der Waals surface area contributed by atoms with Crippen LogP contribution >= 0.6 is 0 Å². The lowest BCUT2D eigenvalue weighted by Crippen LogP contribution is -2.58. The van der Waals surface area contributed by atoms with Gasteiger partial charge in [0.2, 0.25) is 0 Å². The van der Waals surface area contributed by atoms with E-state index in [0.717, 1.165) is 31.4 Å². The Morgan fingerprint density at radius 1 is 1.35 bits per heavy atom. The summed E-state index contributed by atoms with van der Waals surface area (Å²) in [5.41, 5.74) is 4.01. The largest absolute Gasteiger partial charge is 0.338 e. The van der Waals surface area contributed by atoms with E-state index in [-0.39, 0.29) is 11.7 Å². The number of urea groups is 1. The second-order valence-corrected chi connectivity index (χ2v) is 5.65. The summed E-state index contributed by atoms with van der Waals surface area (Å²) in [6, 6.07) is 9.66. The quantitative estimate of drug-likeness (QED) is 0.829. The molecule has 1 saturated carbocycles. The molecule has 2 aliphatic rings. The van der Waals surface area contributed by atoms with Gasteiger partial charge in [-0.05, 0) is 37.8 Å². The van der Waals surface area contributed by atoms with Crippen molar-refractivity contribution in [2.24, 2.45) is 5.92 Å². The molecule has 20 heavy (non-hydrogen) atoms. The number of nitrogens with zero attached hydrogens (tertiary/aromatic N) is 1. The normalized spacial score (nSPS) is 29.5. The summed E-state index contributed by atoms with van der Waals surface area (Å²) in [6.45, 7) is 3.85. The van der Waals surface area contributed by atoms with Gasteiger partial charge in [-0.3, -0.25) is 0 Å². The van der Waals surface area contributed by atoms with Gasteiger partial charge < -0.3 is 5.32 Å². The molecule has 1 heterocycles. The maximum Gasteiger partial charge on any atom is 0.338 e. The average molecular weight is 271 g/mol. The molecule has 1 spiro atoms. The fourth-order valence-electron chi connectivity index (χ4n) is 3.36. The third-order valence-corrected chi connectivity index (χ3v) is 4.38. The van der Waals surface area contributed by atoms with Crippen molar-refractivity contribution in [3.05, 3.63) is 43.0 Å². The first-order valence-corrected chi connectivity index (χ1v) is 7.31. The number of hydrazine groups is 1. The van der Waals surface area contributed by atoms with Crippen molar-refractivity contribution >= 4 is 11.7 Å². The predicted molar refractivity (Wildman–Crippen MR) is 80.1 cm³/mol. The van der Waals surface area contributed by atoms with Gasteiger partial charge in [-0.25, -0.2) is 15.2 Å². The van der Waals surface area contributed by atoms with Gasteiger partial charge in [0, 0.05) is 5.92 Å². The van der Waals surface area contributed by atoms with Crippen molar-refractivity contribution in [2.45, 2.75) is 37.8 Å². The van der Waals surface area contributed by atoms with Crippen LogP contribution in [0.5, 0.6) is 0 Å². The maximum atomic E-state index is 12.3. The van der Waals surface area contributed by atoms with Crippen molar-refractivity contribution in [1.82, 2.24) is 10.7 Å². The van der Waals surface area contributed by atoms with E-state index in [1.807, 2.05) is 36.4 Å². The second-order valence-electron chi connectivity index (χ2n) is 5.65. The van der Waals surface area contributed by atoms with Crippen molar-refractivity contribution < 1.29 is 4.79 Å². The number of allylic oxidation sites excluding steroid dienone is 1. The van der Waals surface area contributed by atoms with Crippen LogP contribution in [0.25, 0.3) is 0 Å². The molecule has 4 heteroatoms. The minimum atomic E-state index is -0.306. The molecular weight excluding hydrogens is 250 g/mol. The Morgan fingerprint density at radius 2 is 2.15 bits per heavy atom. The Morgan fingerprint density at radius 3 is 2.90 bits per heavy atom. The van der Waals surface area contributed by atoms with E-state index < -0.39 is 0 Å². The average Bonchev–Trinajstić information content (AvgIpc) is 2.80. The van der Waals surface area contributed by atoms with Crippen molar-refractivity contribution in [3.8, 4) is 0 Å². The van der Waals surface area contributed by atoms with E-state index >= 15 is 0 Å². The fraction of sp³-hybridized carbons (Fsp3) is 0.438. The minimum absolute atomic E-state index is 0.0628. The first-order valence-electron chi connectivity index (χ1n) is 7.31. The zero-order chi connectivity index (χ0) is 14.0. The zero-order valence-corrected chi connectivity index (χ0v) is 11.6. The molecule has 2 amide bonds. The highest BCUT2D eigenvalue weighted by molar-refractivity contribution is 5.93. The number of hydrogen-bond donors (Lipinski definition) is 2. The molecule has 106 valence electrons. The molecule has 3 rings (SSSR count). The Hall–Kier alpha value is -1.81. The molecule has 2 atom stereocenters. The minimum Gasteiger partial charge on any atom is -0.317 e. The summed E-state index contributed by atoms with van der Waals surface area (Å²) in [5.74, 6) is 0.409. The number of carbonyl (C=O) groups excluding carboxylic acids is 1. The number of nitrogens with one attached hydrogen (secondary N) is 2. The fourth-order valence-corrected chi connectivity index (χ4v) is 3.36. The van der Waals surface area contributed by atoms with E-state index in [4.69, 9.17) is 0 Å². The van der Waals surface area contributed by atoms with Gasteiger partial charge in [0.25, 0.3) is 0 Å². The van der Waals surface area contributed by atoms with E-state index in [1.165, 1.54) is 6.42 Å². The lowest BCUT2D eigenvalue weighted by atomic mass is 9.77. The van der Waals surface area contributed by atoms with Gasteiger partial charge in [0.15, 0.2) is 0 Å². The van der Waals surface area contributed by atoms with Crippen LogP contribution in [0.2, 0.25) is 0 Å². The molecule has 1 aromatic rings. The number of para-hydroxylation sites is 1. The van der Waals surface area contributed by atoms with Crippen molar-refractivity contribution in [2.75, 3.05) is 5.01 Å². The van der Waals surface area contributed by atoms with Crippen LogP contribution in [0.4, 0.5) is 10.5 Å². The second kappa shape index (κ2) is 5.29. The van der Waals surface area contributed by atoms with Crippen molar-refractivity contribution in [3.63, 3.8) is 0 Å². The molecule has 1 aliphatic carbocycles. The molecule has 0 radical (unpaired) electrons. The lowest BCUT2D eigenvalue weighted by molar-refractivity contribution is 0.141. The summed E-state index contributed by atoms with van der Waals surface area (Å²) in [4.78, 5) is 12.3. The maximum absolute atomic E-state index is 12.3. The van der Waals surface area contributed by atoms with Crippen LogP contribution < -0.4 is 15.8 Å². The number of carbonyl (C=O) groups is 1. The van der Waals surface area contributed by atoms with Gasteiger partial charge in [0.05, 0.1) is 5.69 Å². The van der Waals surface area contributed by atoms with Gasteiger partial charge in [-0.1, -0.05) is 30.7 Å². The van der Waals surface area contributed by atoms with Crippen LogP contribution in [0.1, 0.15) is 32.1 Å². The number of anilines is 1. The van der Waals surface area contributed by atoms with Gasteiger partial charge in [-0.15, -0.1) is 6.58 Å². The predicted octanol–water partition coefficient (Wildman–Crippen LogP) is 3.18. The number of hydrogen-bond acceptors (Lipinski definition) is 2. The molecular formula is C16H21N3O. The number of amides is 2. The van der Waals surface area contributed by atoms with E-state index in [1.54, 1.807) is 5.01 Å². The highest BCUT2D eigenvalue weighted by atomic mass is 16.2. The molecule has 4 nitrogen and oxygen atoms in total. The zero-order valence-electron chi connectivity index (χ0n) is 11.6. The van der Waals surface area contributed by atoms with E-state index in [0.29, 0.717) is 5.92 Å². The molecule has 0 bridgehead atoms. The molecule has 2 N–H and O–H groups in total. The highest BCUT2D eigenvalue weighted by Crippen LogP contribution is 2.37. The van der Waals surface area contributed by atoms with Crippen LogP contribution in [0.15, 0.2) is 43.0 Å². The summed E-state index contributed by atoms with van der Waals surface area (Å²) in [5, 5.41) is 4.82. The Bertz CT molecular complexity index is 502. The summed E-state index contributed by atoms with van der Waals surface area (Å²) in [7, 11) is 0. The molecule has 2 fully saturated rings. The van der Waals surface area contributed by atoms with E-state index in [2.05, 4.69) is 17.3 Å². The highest BCUT2D eigenvalue weighted by Gasteiger charge is 2.48. The van der Waals surface area contributed by atoms with Crippen LogP contribution in [0, 0.1) is 5.92 Å². The third-order valence-electron chi connectivity index (χ3n) is 4.38. The Balaban J connectivity index is 1.85. The summed E-state index contributed by atoms with van der Waals surface area (Å²) < 4.78 is 0. The first-order chi connectivity index (χ1) is 9.75. The van der Waals surface area contributed by atoms with Gasteiger partial charge in [-0.2, -0.15) is 0 Å². The van der Waals surface area contributed by atoms with Crippen molar-refractivity contribution in [1.29, 1.82) is 0 Å². The van der Waals surface area contributed by atoms with Gasteiger partial charge in [0.1, 0.15) is 5.66 Å². The third kappa shape index (κ3) is 2.20. The summed E-state index contributed by atoms with van der Waals surface area (Å²) >= 11 is 0. The molecule has 1 aromatic carbocycles. The molecule has 1 saturated heterocycles. The lowest BCUT2D eigenvalue weighted by Gasteiger charge is -2.40. The number of rotatable bonds is 3. The smallest absolute Gasteiger partial charge is 0.317 e. The Kier molecular flexibility index (Phi) is 3.49. The number of benzene rings is 1. The van der Waals surface area contributed by atoms with Crippen LogP contribution in [-0.4, -0.2) is 11.7 Å². The molecule has 1 aliphatic heterocycles. The SMILES string of the molecule is C=CC[C@@H]1CCCC[C@]12NC(=O)N(c1ccccc1)N2. The van der Waals surface area contributed by atoms with Crippen LogP contribution in [0.3, 0.4) is 0 Å². The standard InChI is InChI=1S/C16H21N3O/c1-2-8-13-9-6-7-12-16(13)17-15(20)19(18-16)14-10-4-3-5-11-14/h2-5,10-11,13,18H,1,6-9,12H2,(H,17,20)/t13-,16-/m1/s1. The first kappa shape index (κ1) is 13.2.